The highest BCUT2D eigenvalue weighted by Gasteiger charge is 2.23. The molecule has 3 rings (SSSR count). The summed E-state index contributed by atoms with van der Waals surface area (Å²) in [6.45, 7) is 0. The van der Waals surface area contributed by atoms with Gasteiger partial charge in [0.1, 0.15) is 5.70 Å². The first-order chi connectivity index (χ1) is 15.0. The number of ether oxygens (including phenoxy) is 2. The molecule has 0 saturated heterocycles. The van der Waals surface area contributed by atoms with E-state index in [9.17, 15) is 14.4 Å². The van der Waals surface area contributed by atoms with Crippen LogP contribution in [0.15, 0.2) is 78.1 Å². The van der Waals surface area contributed by atoms with Gasteiger partial charge in [-0.1, -0.05) is 42.5 Å². The van der Waals surface area contributed by atoms with E-state index in [4.69, 9.17) is 4.74 Å². The first-order valence-electron chi connectivity index (χ1n) is 9.79. The Kier molecular flexibility index (Phi) is 7.22. The Labute approximate surface area is 180 Å². The number of para-hydroxylation sites is 2. The van der Waals surface area contributed by atoms with Crippen LogP contribution in [0, 0.1) is 0 Å². The van der Waals surface area contributed by atoms with E-state index in [0.29, 0.717) is 24.2 Å². The molecule has 1 aliphatic rings. The van der Waals surface area contributed by atoms with Crippen molar-refractivity contribution < 1.29 is 23.9 Å². The third-order valence-electron chi connectivity index (χ3n) is 4.88. The molecule has 0 amide bonds. The Morgan fingerprint density at radius 1 is 0.935 bits per heavy atom. The smallest absolute Gasteiger partial charge is 0.354 e. The van der Waals surface area contributed by atoms with Crippen LogP contribution in [0.25, 0.3) is 0 Å². The Balaban J connectivity index is 1.83. The molecule has 0 aliphatic heterocycles. The summed E-state index contributed by atoms with van der Waals surface area (Å²) in [4.78, 5) is 36.0. The largest absolute Gasteiger partial charge is 0.466 e. The van der Waals surface area contributed by atoms with E-state index >= 15 is 0 Å². The quantitative estimate of drug-likeness (QED) is 0.520. The van der Waals surface area contributed by atoms with Gasteiger partial charge in [0.15, 0.2) is 5.78 Å². The predicted octanol–water partition coefficient (Wildman–Crippen LogP) is 3.77. The van der Waals surface area contributed by atoms with Gasteiger partial charge >= 0.3 is 11.9 Å². The van der Waals surface area contributed by atoms with Crippen LogP contribution in [0.4, 0.5) is 11.4 Å². The highest BCUT2D eigenvalue weighted by Crippen LogP contribution is 2.33. The van der Waals surface area contributed by atoms with E-state index in [0.717, 1.165) is 17.3 Å². The van der Waals surface area contributed by atoms with Crippen LogP contribution >= 0.6 is 0 Å². The molecule has 2 N–H and O–H groups in total. The lowest BCUT2D eigenvalue weighted by atomic mass is 9.85. The summed E-state index contributed by atoms with van der Waals surface area (Å²) in [5, 5.41) is 6.21. The van der Waals surface area contributed by atoms with Crippen LogP contribution in [0.2, 0.25) is 0 Å². The SMILES string of the molecule is COC(=O)/C=C(/Nc1ccccc1NC1=CC(=O)CC(c2ccccc2)C1)C(=O)OC. The summed E-state index contributed by atoms with van der Waals surface area (Å²) in [5.41, 5.74) is 3.01. The molecule has 1 unspecified atom stereocenters. The molecule has 0 spiro atoms. The number of carbonyl (C=O) groups is 3. The molecule has 1 aliphatic carbocycles. The summed E-state index contributed by atoms with van der Waals surface area (Å²) < 4.78 is 9.35. The number of anilines is 2. The lowest BCUT2D eigenvalue weighted by molar-refractivity contribution is -0.138. The number of benzene rings is 2. The molecule has 7 nitrogen and oxygen atoms in total. The molecular formula is C24H24N2O5. The maximum absolute atomic E-state index is 12.3. The number of carbonyl (C=O) groups excluding carboxylic acids is 3. The number of hydrogen-bond acceptors (Lipinski definition) is 7. The van der Waals surface area contributed by atoms with Crippen LogP contribution in [0.3, 0.4) is 0 Å². The molecule has 160 valence electrons. The third-order valence-corrected chi connectivity index (χ3v) is 4.88. The number of hydrogen-bond donors (Lipinski definition) is 2. The molecule has 7 heteroatoms. The topological polar surface area (TPSA) is 93.7 Å². The molecule has 0 bridgehead atoms. The fourth-order valence-electron chi connectivity index (χ4n) is 3.39. The molecule has 0 aromatic heterocycles. The number of ketones is 1. The second kappa shape index (κ2) is 10.2. The average Bonchev–Trinajstić information content (AvgIpc) is 2.79. The van der Waals surface area contributed by atoms with E-state index in [2.05, 4.69) is 15.4 Å². The normalized spacial score (nSPS) is 16.2. The molecule has 31 heavy (non-hydrogen) atoms. The van der Waals surface area contributed by atoms with Crippen molar-refractivity contribution in [3.63, 3.8) is 0 Å². The minimum atomic E-state index is -0.712. The Hall–Kier alpha value is -3.87. The first-order valence-corrected chi connectivity index (χ1v) is 9.79. The number of rotatable bonds is 7. The minimum absolute atomic E-state index is 0.0499. The van der Waals surface area contributed by atoms with Crippen molar-refractivity contribution in [2.24, 2.45) is 0 Å². The van der Waals surface area contributed by atoms with E-state index in [1.807, 2.05) is 42.5 Å². The van der Waals surface area contributed by atoms with Crippen molar-refractivity contribution in [1.29, 1.82) is 0 Å². The van der Waals surface area contributed by atoms with Gasteiger partial charge in [-0.25, -0.2) is 9.59 Å². The minimum Gasteiger partial charge on any atom is -0.466 e. The zero-order chi connectivity index (χ0) is 22.2. The van der Waals surface area contributed by atoms with E-state index in [1.165, 1.54) is 14.2 Å². The Morgan fingerprint density at radius 2 is 1.61 bits per heavy atom. The third kappa shape index (κ3) is 5.82. The van der Waals surface area contributed by atoms with Crippen molar-refractivity contribution in [2.45, 2.75) is 18.8 Å². The van der Waals surface area contributed by atoms with Gasteiger partial charge in [0, 0.05) is 18.2 Å². The monoisotopic (exact) mass is 420 g/mol. The van der Waals surface area contributed by atoms with E-state index in [1.54, 1.807) is 18.2 Å². The van der Waals surface area contributed by atoms with Crippen molar-refractivity contribution in [1.82, 2.24) is 0 Å². The molecule has 2 aromatic carbocycles. The lowest BCUT2D eigenvalue weighted by Gasteiger charge is -2.24. The molecule has 1 atom stereocenters. The van der Waals surface area contributed by atoms with Crippen molar-refractivity contribution in [3.05, 3.63) is 83.7 Å². The van der Waals surface area contributed by atoms with Crippen LogP contribution in [-0.2, 0) is 23.9 Å². The number of nitrogens with one attached hydrogen (secondary N) is 2. The standard InChI is InChI=1S/C24H24N2O5/c1-30-23(28)15-22(24(29)31-2)26-21-11-7-6-10-20(21)25-18-12-17(13-19(27)14-18)16-8-4-3-5-9-16/h3-11,14-15,17,25-26H,12-13H2,1-2H3/b22-15+. The highest BCUT2D eigenvalue weighted by molar-refractivity contribution is 5.99. The Bertz CT molecular complexity index is 1030. The van der Waals surface area contributed by atoms with Gasteiger partial charge in [0.25, 0.3) is 0 Å². The second-order valence-electron chi connectivity index (χ2n) is 7.02. The molecule has 0 heterocycles. The summed E-state index contributed by atoms with van der Waals surface area (Å²) in [6, 6.07) is 17.1. The zero-order valence-electron chi connectivity index (χ0n) is 17.4. The molecule has 0 saturated carbocycles. The van der Waals surface area contributed by atoms with Gasteiger partial charge in [-0.05, 0) is 30.0 Å². The fourth-order valence-corrected chi connectivity index (χ4v) is 3.39. The molecule has 2 aromatic rings. The molecular weight excluding hydrogens is 396 g/mol. The number of methoxy groups -OCH3 is 2. The van der Waals surface area contributed by atoms with Crippen LogP contribution in [-0.4, -0.2) is 31.9 Å². The van der Waals surface area contributed by atoms with Crippen molar-refractivity contribution in [2.75, 3.05) is 24.9 Å². The van der Waals surface area contributed by atoms with E-state index in [-0.39, 0.29) is 17.4 Å². The van der Waals surface area contributed by atoms with Crippen LogP contribution < -0.4 is 10.6 Å². The fraction of sp³-hybridized carbons (Fsp3) is 0.208. The van der Waals surface area contributed by atoms with Crippen molar-refractivity contribution in [3.8, 4) is 0 Å². The lowest BCUT2D eigenvalue weighted by Crippen LogP contribution is -2.18. The summed E-state index contributed by atoms with van der Waals surface area (Å²) in [5.74, 6) is -1.26. The van der Waals surface area contributed by atoms with Crippen LogP contribution in [0.1, 0.15) is 24.3 Å². The average molecular weight is 420 g/mol. The summed E-state index contributed by atoms with van der Waals surface area (Å²) in [7, 11) is 2.44. The highest BCUT2D eigenvalue weighted by atomic mass is 16.5. The van der Waals surface area contributed by atoms with Gasteiger partial charge in [-0.15, -0.1) is 0 Å². The first kappa shape index (κ1) is 21.8. The predicted molar refractivity (Wildman–Crippen MR) is 117 cm³/mol. The van der Waals surface area contributed by atoms with Gasteiger partial charge in [0.05, 0.1) is 31.7 Å². The Morgan fingerprint density at radius 3 is 2.29 bits per heavy atom. The van der Waals surface area contributed by atoms with Crippen LogP contribution in [0.5, 0.6) is 0 Å². The number of allylic oxidation sites excluding steroid dienone is 2. The van der Waals surface area contributed by atoms with Gasteiger partial charge < -0.3 is 20.1 Å². The zero-order valence-corrected chi connectivity index (χ0v) is 17.4. The molecule has 0 radical (unpaired) electrons. The van der Waals surface area contributed by atoms with Crippen molar-refractivity contribution >= 4 is 29.1 Å². The summed E-state index contributed by atoms with van der Waals surface area (Å²) in [6.07, 6.45) is 3.77. The molecule has 0 fully saturated rings. The van der Waals surface area contributed by atoms with Gasteiger partial charge in [0.2, 0.25) is 0 Å². The number of esters is 2. The maximum atomic E-state index is 12.3. The maximum Gasteiger partial charge on any atom is 0.354 e. The second-order valence-corrected chi connectivity index (χ2v) is 7.02. The van der Waals surface area contributed by atoms with E-state index < -0.39 is 11.9 Å². The summed E-state index contributed by atoms with van der Waals surface area (Å²) >= 11 is 0. The van der Waals surface area contributed by atoms with Gasteiger partial charge in [-0.3, -0.25) is 4.79 Å². The van der Waals surface area contributed by atoms with Gasteiger partial charge in [-0.2, -0.15) is 0 Å².